The lowest BCUT2D eigenvalue weighted by molar-refractivity contribution is -0.114. The molecule has 138 valence electrons. The number of hydrogen-bond acceptors (Lipinski definition) is 5. The van der Waals surface area contributed by atoms with Crippen molar-refractivity contribution in [2.24, 2.45) is 5.92 Å². The Balaban J connectivity index is 1.91. The molecular formula is C20H29NO4. The minimum Gasteiger partial charge on any atom is -0.493 e. The zero-order valence-electron chi connectivity index (χ0n) is 15.6. The number of methoxy groups -OCH3 is 3. The Morgan fingerprint density at radius 3 is 2.68 bits per heavy atom. The molecule has 0 radical (unpaired) electrons. The molecule has 0 amide bonds. The third-order valence-electron chi connectivity index (χ3n) is 7.00. The second-order valence-corrected chi connectivity index (χ2v) is 7.88. The summed E-state index contributed by atoms with van der Waals surface area (Å²) >= 11 is 0. The maximum Gasteiger partial charge on any atom is 0.164 e. The first-order chi connectivity index (χ1) is 12.1. The van der Waals surface area contributed by atoms with Gasteiger partial charge in [-0.25, -0.2) is 0 Å². The maximum absolute atomic E-state index is 10.8. The van der Waals surface area contributed by atoms with Crippen LogP contribution in [0, 0.1) is 5.92 Å². The van der Waals surface area contributed by atoms with Gasteiger partial charge in [0.05, 0.1) is 26.4 Å². The highest BCUT2D eigenvalue weighted by Crippen LogP contribution is 2.59. The summed E-state index contributed by atoms with van der Waals surface area (Å²) in [6.45, 7) is 1.05. The normalized spacial score (nSPS) is 37.2. The topological polar surface area (TPSA) is 51.2 Å². The summed E-state index contributed by atoms with van der Waals surface area (Å²) in [5.74, 6) is 2.11. The van der Waals surface area contributed by atoms with Gasteiger partial charge < -0.3 is 24.2 Å². The monoisotopic (exact) mass is 347 g/mol. The molecule has 0 spiro atoms. The predicted octanol–water partition coefficient (Wildman–Crippen LogP) is 1.99. The van der Waals surface area contributed by atoms with Gasteiger partial charge in [0.1, 0.15) is 0 Å². The van der Waals surface area contributed by atoms with E-state index in [0.29, 0.717) is 12.0 Å². The Bertz CT molecular complexity index is 663. The third kappa shape index (κ3) is 2.32. The van der Waals surface area contributed by atoms with Crippen LogP contribution in [0.2, 0.25) is 0 Å². The van der Waals surface area contributed by atoms with Crippen LogP contribution in [-0.4, -0.2) is 63.2 Å². The summed E-state index contributed by atoms with van der Waals surface area (Å²) in [6.07, 6.45) is 3.17. The summed E-state index contributed by atoms with van der Waals surface area (Å²) < 4.78 is 17.0. The molecule has 1 heterocycles. The Hall–Kier alpha value is -1.30. The fourth-order valence-corrected chi connectivity index (χ4v) is 5.82. The molecule has 5 heteroatoms. The molecule has 25 heavy (non-hydrogen) atoms. The molecule has 5 atom stereocenters. The Morgan fingerprint density at radius 1 is 1.20 bits per heavy atom. The van der Waals surface area contributed by atoms with Crippen molar-refractivity contribution in [3.63, 3.8) is 0 Å². The van der Waals surface area contributed by atoms with Crippen LogP contribution in [0.4, 0.5) is 0 Å². The highest BCUT2D eigenvalue weighted by atomic mass is 16.5. The number of nitrogens with zero attached hydrogens (tertiary/aromatic N) is 1. The number of benzene rings is 1. The first kappa shape index (κ1) is 17.1. The van der Waals surface area contributed by atoms with Gasteiger partial charge >= 0.3 is 0 Å². The van der Waals surface area contributed by atoms with Gasteiger partial charge in [0.2, 0.25) is 0 Å². The van der Waals surface area contributed by atoms with E-state index in [1.54, 1.807) is 21.3 Å². The Kier molecular flexibility index (Phi) is 4.21. The largest absolute Gasteiger partial charge is 0.493 e. The van der Waals surface area contributed by atoms with Gasteiger partial charge in [0.15, 0.2) is 11.5 Å². The van der Waals surface area contributed by atoms with Gasteiger partial charge in [-0.1, -0.05) is 6.07 Å². The molecular weight excluding hydrogens is 318 g/mol. The van der Waals surface area contributed by atoms with E-state index in [0.717, 1.165) is 43.7 Å². The molecule has 2 aliphatic carbocycles. The van der Waals surface area contributed by atoms with Crippen LogP contribution in [0.5, 0.6) is 11.5 Å². The van der Waals surface area contributed by atoms with E-state index in [-0.39, 0.29) is 11.5 Å². The Morgan fingerprint density at radius 2 is 2.00 bits per heavy atom. The Labute approximate surface area is 149 Å². The molecule has 1 aromatic rings. The summed E-state index contributed by atoms with van der Waals surface area (Å²) in [6, 6.07) is 4.70. The average Bonchev–Trinajstić information content (AvgIpc) is 2.62. The van der Waals surface area contributed by atoms with Crippen LogP contribution in [0.1, 0.15) is 30.4 Å². The number of aliphatic hydroxyl groups excluding tert-OH is 1. The molecule has 1 aromatic carbocycles. The fourth-order valence-electron chi connectivity index (χ4n) is 5.82. The van der Waals surface area contributed by atoms with E-state index in [1.807, 2.05) is 6.07 Å². The quantitative estimate of drug-likeness (QED) is 0.906. The molecule has 5 nitrogen and oxygen atoms in total. The first-order valence-electron chi connectivity index (χ1n) is 9.21. The van der Waals surface area contributed by atoms with Gasteiger partial charge in [-0.3, -0.25) is 0 Å². The van der Waals surface area contributed by atoms with Gasteiger partial charge in [-0.2, -0.15) is 0 Å². The number of hydrogen-bond donors (Lipinski definition) is 1. The summed E-state index contributed by atoms with van der Waals surface area (Å²) in [5, 5.41) is 10.8. The average molecular weight is 347 g/mol. The van der Waals surface area contributed by atoms with Crippen LogP contribution in [0.3, 0.4) is 0 Å². The second kappa shape index (κ2) is 6.15. The number of aliphatic hydroxyl groups is 1. The lowest BCUT2D eigenvalue weighted by Crippen LogP contribution is -2.63. The van der Waals surface area contributed by atoms with Crippen molar-refractivity contribution in [1.29, 1.82) is 0 Å². The standard InChI is InChI=1S/C20H29NO4/c1-21-8-7-20-11-15(22)17(24-3)10-13(20)14(21)9-12-5-6-16(23-2)19(25-4)18(12)20/h5-6,13-15,17,22H,7-11H2,1-4H3/t13-,14+,15?,17?,20-/m0/s1. The molecule has 3 aliphatic rings. The van der Waals surface area contributed by atoms with E-state index in [1.165, 1.54) is 11.1 Å². The number of piperidine rings is 1. The highest BCUT2D eigenvalue weighted by molar-refractivity contribution is 5.57. The van der Waals surface area contributed by atoms with E-state index in [9.17, 15) is 5.11 Å². The minimum absolute atomic E-state index is 0.0565. The van der Waals surface area contributed by atoms with E-state index >= 15 is 0 Å². The fraction of sp³-hybridized carbons (Fsp3) is 0.700. The molecule has 2 bridgehead atoms. The SMILES string of the molecule is COc1ccc2c(c1OC)[C@]13CCN(C)[C@H](C2)[C@@H]1CC(OC)C(O)C3. The zero-order chi connectivity index (χ0) is 17.8. The van der Waals surface area contributed by atoms with Gasteiger partial charge in [-0.15, -0.1) is 0 Å². The molecule has 2 unspecified atom stereocenters. The van der Waals surface area contributed by atoms with Crippen molar-refractivity contribution < 1.29 is 19.3 Å². The van der Waals surface area contributed by atoms with Crippen LogP contribution < -0.4 is 9.47 Å². The van der Waals surface area contributed by atoms with Crippen LogP contribution in [0.25, 0.3) is 0 Å². The summed E-state index contributed by atoms with van der Waals surface area (Å²) in [4.78, 5) is 2.49. The number of fused-ring (bicyclic) bond motifs is 1. The number of likely N-dealkylation sites (tertiary alicyclic amines) is 1. The molecule has 4 rings (SSSR count). The minimum atomic E-state index is -0.438. The summed E-state index contributed by atoms with van der Waals surface area (Å²) in [5.41, 5.74) is 2.56. The highest BCUT2D eigenvalue weighted by Gasteiger charge is 2.58. The van der Waals surface area contributed by atoms with Gasteiger partial charge in [-0.05, 0) is 56.8 Å². The van der Waals surface area contributed by atoms with Crippen molar-refractivity contribution in [2.45, 2.75) is 49.3 Å². The number of rotatable bonds is 3. The van der Waals surface area contributed by atoms with Crippen molar-refractivity contribution in [1.82, 2.24) is 4.90 Å². The molecule has 1 saturated carbocycles. The zero-order valence-corrected chi connectivity index (χ0v) is 15.6. The van der Waals surface area contributed by atoms with Crippen LogP contribution in [-0.2, 0) is 16.6 Å². The third-order valence-corrected chi connectivity index (χ3v) is 7.00. The van der Waals surface area contributed by atoms with Crippen molar-refractivity contribution >= 4 is 0 Å². The maximum atomic E-state index is 10.8. The summed E-state index contributed by atoms with van der Waals surface area (Å²) in [7, 11) is 7.36. The molecule has 2 fully saturated rings. The van der Waals surface area contributed by atoms with Crippen molar-refractivity contribution in [3.8, 4) is 11.5 Å². The molecule has 0 aromatic heterocycles. The lowest BCUT2D eigenvalue weighted by atomic mass is 9.51. The van der Waals surface area contributed by atoms with Crippen LogP contribution >= 0.6 is 0 Å². The van der Waals surface area contributed by atoms with Crippen molar-refractivity contribution in [2.75, 3.05) is 34.9 Å². The smallest absolute Gasteiger partial charge is 0.164 e. The van der Waals surface area contributed by atoms with Crippen LogP contribution in [0.15, 0.2) is 12.1 Å². The number of ether oxygens (including phenoxy) is 3. The molecule has 1 N–H and O–H groups in total. The molecule has 1 aliphatic heterocycles. The van der Waals surface area contributed by atoms with E-state index in [4.69, 9.17) is 14.2 Å². The number of likely N-dealkylation sites (N-methyl/N-ethyl adjacent to an activating group) is 1. The molecule has 1 saturated heterocycles. The van der Waals surface area contributed by atoms with Gasteiger partial charge in [0, 0.05) is 24.1 Å². The second-order valence-electron chi connectivity index (χ2n) is 7.88. The lowest BCUT2D eigenvalue weighted by Gasteiger charge is -2.60. The predicted molar refractivity (Wildman–Crippen MR) is 95.5 cm³/mol. The van der Waals surface area contributed by atoms with E-state index < -0.39 is 6.10 Å². The van der Waals surface area contributed by atoms with Crippen molar-refractivity contribution in [3.05, 3.63) is 23.3 Å². The van der Waals surface area contributed by atoms with Gasteiger partial charge in [0.25, 0.3) is 0 Å². The van der Waals surface area contributed by atoms with E-state index in [2.05, 4.69) is 18.0 Å². The first-order valence-corrected chi connectivity index (χ1v) is 9.21.